The van der Waals surface area contributed by atoms with Crippen LogP contribution in [0.2, 0.25) is 0 Å². The minimum absolute atomic E-state index is 0.275. The Morgan fingerprint density at radius 3 is 2.40 bits per heavy atom. The summed E-state index contributed by atoms with van der Waals surface area (Å²) in [6, 6.07) is 17.7. The third-order valence-corrected chi connectivity index (χ3v) is 2.98. The summed E-state index contributed by atoms with van der Waals surface area (Å²) in [5.41, 5.74) is 2.90. The molecule has 0 aliphatic heterocycles. The van der Waals surface area contributed by atoms with Crippen molar-refractivity contribution in [1.82, 2.24) is 0 Å². The number of esters is 1. The minimum atomic E-state index is -0.275. The predicted molar refractivity (Wildman–Crippen MR) is 81.0 cm³/mol. The molecule has 0 saturated carbocycles. The summed E-state index contributed by atoms with van der Waals surface area (Å²) in [6.45, 7) is 3.07. The summed E-state index contributed by atoms with van der Waals surface area (Å²) < 4.78 is 4.95. The molecule has 0 atom stereocenters. The van der Waals surface area contributed by atoms with Crippen molar-refractivity contribution in [2.45, 2.75) is 13.3 Å². The van der Waals surface area contributed by atoms with E-state index in [0.717, 1.165) is 18.7 Å². The quantitative estimate of drug-likeness (QED) is 0.815. The van der Waals surface area contributed by atoms with Crippen molar-refractivity contribution < 1.29 is 9.53 Å². The first-order valence-corrected chi connectivity index (χ1v) is 6.84. The molecule has 2 rings (SSSR count). The second kappa shape index (κ2) is 7.34. The van der Waals surface area contributed by atoms with E-state index in [1.807, 2.05) is 30.3 Å². The molecule has 2 aromatic carbocycles. The molecule has 3 nitrogen and oxygen atoms in total. The van der Waals surface area contributed by atoms with E-state index in [-0.39, 0.29) is 5.97 Å². The molecular formula is C17H19NO2. The van der Waals surface area contributed by atoms with E-state index >= 15 is 0 Å². The van der Waals surface area contributed by atoms with Gasteiger partial charge in [-0.3, -0.25) is 0 Å². The van der Waals surface area contributed by atoms with Crippen LogP contribution in [0.3, 0.4) is 0 Å². The molecule has 0 aromatic heterocycles. The number of rotatable bonds is 6. The number of hydrogen-bond donors (Lipinski definition) is 1. The summed E-state index contributed by atoms with van der Waals surface area (Å²) >= 11 is 0. The van der Waals surface area contributed by atoms with Gasteiger partial charge in [0.2, 0.25) is 0 Å². The highest BCUT2D eigenvalue weighted by atomic mass is 16.5. The van der Waals surface area contributed by atoms with Crippen molar-refractivity contribution in [1.29, 1.82) is 0 Å². The molecule has 1 N–H and O–H groups in total. The maximum absolute atomic E-state index is 11.5. The molecule has 0 aliphatic carbocycles. The number of carbonyl (C=O) groups is 1. The van der Waals surface area contributed by atoms with Gasteiger partial charge in [-0.15, -0.1) is 0 Å². The zero-order valence-corrected chi connectivity index (χ0v) is 11.6. The topological polar surface area (TPSA) is 38.3 Å². The van der Waals surface area contributed by atoms with Crippen LogP contribution < -0.4 is 5.32 Å². The van der Waals surface area contributed by atoms with Gasteiger partial charge in [0.15, 0.2) is 0 Å². The molecule has 0 aliphatic rings. The summed E-state index contributed by atoms with van der Waals surface area (Å²) in [5, 5.41) is 3.34. The third kappa shape index (κ3) is 4.12. The molecule has 0 radical (unpaired) electrons. The smallest absolute Gasteiger partial charge is 0.338 e. The first-order valence-electron chi connectivity index (χ1n) is 6.84. The minimum Gasteiger partial charge on any atom is -0.462 e. The fourth-order valence-electron chi connectivity index (χ4n) is 1.93. The molecular weight excluding hydrogens is 250 g/mol. The van der Waals surface area contributed by atoms with Crippen molar-refractivity contribution in [3.8, 4) is 0 Å². The number of nitrogens with one attached hydrogen (secondary N) is 1. The van der Waals surface area contributed by atoms with Crippen molar-refractivity contribution in [2.24, 2.45) is 0 Å². The van der Waals surface area contributed by atoms with E-state index in [1.165, 1.54) is 5.56 Å². The van der Waals surface area contributed by atoms with Crippen molar-refractivity contribution in [2.75, 3.05) is 18.5 Å². The Labute approximate surface area is 119 Å². The zero-order valence-electron chi connectivity index (χ0n) is 11.6. The monoisotopic (exact) mass is 269 g/mol. The van der Waals surface area contributed by atoms with Crippen LogP contribution >= 0.6 is 0 Å². The van der Waals surface area contributed by atoms with Gasteiger partial charge in [0.1, 0.15) is 0 Å². The molecule has 0 fully saturated rings. The summed E-state index contributed by atoms with van der Waals surface area (Å²) in [5.74, 6) is -0.275. The Morgan fingerprint density at radius 2 is 1.75 bits per heavy atom. The second-order valence-electron chi connectivity index (χ2n) is 4.46. The molecule has 0 bridgehead atoms. The SMILES string of the molecule is CCOC(=O)c1ccc(NCCc2ccccc2)cc1. The van der Waals surface area contributed by atoms with Crippen LogP contribution in [0.15, 0.2) is 54.6 Å². The second-order valence-corrected chi connectivity index (χ2v) is 4.46. The largest absolute Gasteiger partial charge is 0.462 e. The number of carbonyl (C=O) groups excluding carboxylic acids is 1. The zero-order chi connectivity index (χ0) is 14.2. The number of benzene rings is 2. The highest BCUT2D eigenvalue weighted by Gasteiger charge is 2.05. The van der Waals surface area contributed by atoms with E-state index in [1.54, 1.807) is 19.1 Å². The number of anilines is 1. The van der Waals surface area contributed by atoms with E-state index in [9.17, 15) is 4.79 Å². The Balaban J connectivity index is 1.83. The van der Waals surface area contributed by atoms with Crippen LogP contribution in [-0.2, 0) is 11.2 Å². The first kappa shape index (κ1) is 14.1. The molecule has 0 unspecified atom stereocenters. The predicted octanol–water partition coefficient (Wildman–Crippen LogP) is 3.52. The summed E-state index contributed by atoms with van der Waals surface area (Å²) in [6.07, 6.45) is 0.973. The molecule has 2 aromatic rings. The van der Waals surface area contributed by atoms with Crippen LogP contribution in [-0.4, -0.2) is 19.1 Å². The molecule has 0 saturated heterocycles. The average molecular weight is 269 g/mol. The lowest BCUT2D eigenvalue weighted by Gasteiger charge is -2.07. The van der Waals surface area contributed by atoms with Gasteiger partial charge in [0.25, 0.3) is 0 Å². The number of hydrogen-bond acceptors (Lipinski definition) is 3. The summed E-state index contributed by atoms with van der Waals surface area (Å²) in [7, 11) is 0. The summed E-state index contributed by atoms with van der Waals surface area (Å²) in [4.78, 5) is 11.5. The van der Waals surface area contributed by atoms with Gasteiger partial charge in [0.05, 0.1) is 12.2 Å². The van der Waals surface area contributed by atoms with Crippen LogP contribution in [0.5, 0.6) is 0 Å². The molecule has 0 amide bonds. The van der Waals surface area contributed by atoms with Gasteiger partial charge in [0, 0.05) is 12.2 Å². The van der Waals surface area contributed by atoms with Gasteiger partial charge in [-0.1, -0.05) is 30.3 Å². The van der Waals surface area contributed by atoms with Gasteiger partial charge in [-0.05, 0) is 43.2 Å². The lowest BCUT2D eigenvalue weighted by Crippen LogP contribution is -2.06. The van der Waals surface area contributed by atoms with Crippen LogP contribution in [0.4, 0.5) is 5.69 Å². The normalized spacial score (nSPS) is 10.1. The lowest BCUT2D eigenvalue weighted by atomic mass is 10.1. The van der Waals surface area contributed by atoms with E-state index in [2.05, 4.69) is 17.4 Å². The van der Waals surface area contributed by atoms with E-state index in [0.29, 0.717) is 12.2 Å². The van der Waals surface area contributed by atoms with Crippen LogP contribution in [0.25, 0.3) is 0 Å². The van der Waals surface area contributed by atoms with E-state index in [4.69, 9.17) is 4.74 Å². The van der Waals surface area contributed by atoms with Gasteiger partial charge in [-0.2, -0.15) is 0 Å². The molecule has 104 valence electrons. The van der Waals surface area contributed by atoms with Crippen LogP contribution in [0, 0.1) is 0 Å². The fraction of sp³-hybridized carbons (Fsp3) is 0.235. The highest BCUT2D eigenvalue weighted by Crippen LogP contribution is 2.11. The van der Waals surface area contributed by atoms with Gasteiger partial charge < -0.3 is 10.1 Å². The molecule has 3 heteroatoms. The molecule has 0 spiro atoms. The Hall–Kier alpha value is -2.29. The highest BCUT2D eigenvalue weighted by molar-refractivity contribution is 5.89. The van der Waals surface area contributed by atoms with Gasteiger partial charge >= 0.3 is 5.97 Å². The third-order valence-electron chi connectivity index (χ3n) is 2.98. The molecule has 0 heterocycles. The maximum atomic E-state index is 11.5. The number of ether oxygens (including phenoxy) is 1. The Morgan fingerprint density at radius 1 is 1.05 bits per heavy atom. The maximum Gasteiger partial charge on any atom is 0.338 e. The van der Waals surface area contributed by atoms with Crippen molar-refractivity contribution in [3.63, 3.8) is 0 Å². The van der Waals surface area contributed by atoms with E-state index < -0.39 is 0 Å². The Bertz CT molecular complexity index is 535. The van der Waals surface area contributed by atoms with Crippen LogP contribution in [0.1, 0.15) is 22.8 Å². The molecule has 20 heavy (non-hydrogen) atoms. The standard InChI is InChI=1S/C17H19NO2/c1-2-20-17(19)15-8-10-16(11-9-15)18-13-12-14-6-4-3-5-7-14/h3-11,18H,2,12-13H2,1H3. The average Bonchev–Trinajstić information content (AvgIpc) is 2.49. The van der Waals surface area contributed by atoms with Gasteiger partial charge in [-0.25, -0.2) is 4.79 Å². The lowest BCUT2D eigenvalue weighted by molar-refractivity contribution is 0.0526. The first-order chi connectivity index (χ1) is 9.79. The van der Waals surface area contributed by atoms with Crippen molar-refractivity contribution in [3.05, 3.63) is 65.7 Å². The Kier molecular flexibility index (Phi) is 5.18. The fourth-order valence-corrected chi connectivity index (χ4v) is 1.93. The van der Waals surface area contributed by atoms with Crippen molar-refractivity contribution >= 4 is 11.7 Å².